The number of H-pyrrole nitrogens is 1. The lowest BCUT2D eigenvalue weighted by molar-refractivity contribution is 0.0594. The van der Waals surface area contributed by atoms with Gasteiger partial charge in [-0.25, -0.2) is 4.79 Å². The summed E-state index contributed by atoms with van der Waals surface area (Å²) in [6, 6.07) is 11.9. The van der Waals surface area contributed by atoms with Crippen LogP contribution in [0.2, 0.25) is 0 Å². The van der Waals surface area contributed by atoms with E-state index in [0.29, 0.717) is 18.8 Å². The molecule has 2 N–H and O–H groups in total. The summed E-state index contributed by atoms with van der Waals surface area (Å²) in [7, 11) is 1.36. The van der Waals surface area contributed by atoms with Gasteiger partial charge < -0.3 is 14.8 Å². The third-order valence-corrected chi connectivity index (χ3v) is 3.22. The number of aliphatic hydroxyl groups excluding tert-OH is 1. The van der Waals surface area contributed by atoms with Crippen molar-refractivity contribution in [2.45, 2.75) is 13.1 Å². The molecular formula is C16H20N2O3. The van der Waals surface area contributed by atoms with Crippen LogP contribution < -0.4 is 0 Å². The van der Waals surface area contributed by atoms with E-state index in [-0.39, 0.29) is 12.6 Å². The number of carbonyl (C=O) groups excluding carboxylic acids is 1. The van der Waals surface area contributed by atoms with Gasteiger partial charge in [-0.3, -0.25) is 4.90 Å². The molecule has 0 aliphatic heterocycles. The molecule has 1 heterocycles. The zero-order valence-electron chi connectivity index (χ0n) is 12.1. The van der Waals surface area contributed by atoms with Gasteiger partial charge in [0.15, 0.2) is 0 Å². The number of benzene rings is 1. The molecule has 0 saturated heterocycles. The van der Waals surface area contributed by atoms with Crippen molar-refractivity contribution in [2.24, 2.45) is 0 Å². The van der Waals surface area contributed by atoms with E-state index in [9.17, 15) is 9.90 Å². The molecule has 0 saturated carbocycles. The maximum absolute atomic E-state index is 11.4. The van der Waals surface area contributed by atoms with E-state index in [1.807, 2.05) is 18.2 Å². The number of aromatic nitrogens is 1. The van der Waals surface area contributed by atoms with Crippen LogP contribution in [0.5, 0.6) is 0 Å². The topological polar surface area (TPSA) is 65.6 Å². The normalized spacial score (nSPS) is 10.8. The molecule has 0 unspecified atom stereocenters. The van der Waals surface area contributed by atoms with Crippen molar-refractivity contribution in [2.75, 3.05) is 20.3 Å². The van der Waals surface area contributed by atoms with Gasteiger partial charge in [0, 0.05) is 25.8 Å². The van der Waals surface area contributed by atoms with Gasteiger partial charge >= 0.3 is 5.97 Å². The van der Waals surface area contributed by atoms with Gasteiger partial charge in [-0.15, -0.1) is 0 Å². The van der Waals surface area contributed by atoms with Crippen molar-refractivity contribution in [3.63, 3.8) is 0 Å². The van der Waals surface area contributed by atoms with Crippen LogP contribution in [-0.4, -0.2) is 41.2 Å². The van der Waals surface area contributed by atoms with Gasteiger partial charge in [0.2, 0.25) is 0 Å². The monoisotopic (exact) mass is 288 g/mol. The number of esters is 1. The molecule has 0 atom stereocenters. The van der Waals surface area contributed by atoms with E-state index in [1.165, 1.54) is 12.7 Å². The van der Waals surface area contributed by atoms with E-state index < -0.39 is 0 Å². The fraction of sp³-hybridized carbons (Fsp3) is 0.312. The maximum Gasteiger partial charge on any atom is 0.354 e. The molecule has 5 heteroatoms. The first-order valence-electron chi connectivity index (χ1n) is 6.85. The molecule has 2 aromatic rings. The molecule has 0 spiro atoms. The first-order valence-corrected chi connectivity index (χ1v) is 6.85. The van der Waals surface area contributed by atoms with Gasteiger partial charge in [-0.1, -0.05) is 30.3 Å². The molecule has 0 amide bonds. The highest BCUT2D eigenvalue weighted by Crippen LogP contribution is 2.11. The second kappa shape index (κ2) is 7.61. The predicted octanol–water partition coefficient (Wildman–Crippen LogP) is 1.80. The zero-order chi connectivity index (χ0) is 15.1. The van der Waals surface area contributed by atoms with Gasteiger partial charge in [-0.05, 0) is 17.2 Å². The molecule has 112 valence electrons. The zero-order valence-corrected chi connectivity index (χ0v) is 12.1. The molecule has 0 radical (unpaired) electrons. The van der Waals surface area contributed by atoms with Gasteiger partial charge in [-0.2, -0.15) is 0 Å². The molecule has 21 heavy (non-hydrogen) atoms. The lowest BCUT2D eigenvalue weighted by Crippen LogP contribution is -2.25. The first kappa shape index (κ1) is 15.3. The molecule has 0 aliphatic rings. The Morgan fingerprint density at radius 2 is 1.95 bits per heavy atom. The van der Waals surface area contributed by atoms with E-state index in [4.69, 9.17) is 0 Å². The van der Waals surface area contributed by atoms with Crippen LogP contribution in [0, 0.1) is 0 Å². The van der Waals surface area contributed by atoms with Crippen LogP contribution in [0.1, 0.15) is 21.6 Å². The summed E-state index contributed by atoms with van der Waals surface area (Å²) in [5.74, 6) is -0.377. The third kappa shape index (κ3) is 4.44. The standard InChI is InChI=1S/C16H20N2O3/c1-21-16(20)15-9-14(10-17-15)12-18(7-8-19)11-13-5-3-2-4-6-13/h2-6,9-10,17,19H,7-8,11-12H2,1H3. The highest BCUT2D eigenvalue weighted by Gasteiger charge is 2.11. The summed E-state index contributed by atoms with van der Waals surface area (Å²) in [4.78, 5) is 16.5. The third-order valence-electron chi connectivity index (χ3n) is 3.22. The fourth-order valence-electron chi connectivity index (χ4n) is 2.21. The molecule has 1 aromatic heterocycles. The Morgan fingerprint density at radius 3 is 2.62 bits per heavy atom. The van der Waals surface area contributed by atoms with Crippen LogP contribution >= 0.6 is 0 Å². The number of aromatic amines is 1. The second-order valence-corrected chi connectivity index (χ2v) is 4.83. The number of hydrogen-bond acceptors (Lipinski definition) is 4. The van der Waals surface area contributed by atoms with Gasteiger partial charge in [0.25, 0.3) is 0 Å². The largest absolute Gasteiger partial charge is 0.464 e. The quantitative estimate of drug-likeness (QED) is 0.762. The second-order valence-electron chi connectivity index (χ2n) is 4.83. The summed E-state index contributed by atoms with van der Waals surface area (Å²) in [6.45, 7) is 2.08. The Labute approximate surface area is 124 Å². The summed E-state index contributed by atoms with van der Waals surface area (Å²) in [6.07, 6.45) is 1.79. The van der Waals surface area contributed by atoms with Crippen LogP contribution in [0.15, 0.2) is 42.6 Å². The Morgan fingerprint density at radius 1 is 1.24 bits per heavy atom. The van der Waals surface area contributed by atoms with Crippen LogP contribution in [-0.2, 0) is 17.8 Å². The highest BCUT2D eigenvalue weighted by molar-refractivity contribution is 5.87. The number of hydrogen-bond donors (Lipinski definition) is 2. The number of nitrogens with zero attached hydrogens (tertiary/aromatic N) is 1. The van der Waals surface area contributed by atoms with Gasteiger partial charge in [0.1, 0.15) is 5.69 Å². The Balaban J connectivity index is 2.02. The Bertz CT molecular complexity index is 566. The minimum atomic E-state index is -0.377. The summed E-state index contributed by atoms with van der Waals surface area (Å²) >= 11 is 0. The SMILES string of the molecule is COC(=O)c1cc(CN(CCO)Cc2ccccc2)c[nH]1. The summed E-state index contributed by atoms with van der Waals surface area (Å²) in [5.41, 5.74) is 2.62. The maximum atomic E-state index is 11.4. The average molecular weight is 288 g/mol. The number of nitrogens with one attached hydrogen (secondary N) is 1. The minimum absolute atomic E-state index is 0.0983. The lowest BCUT2D eigenvalue weighted by Gasteiger charge is -2.20. The molecule has 0 bridgehead atoms. The molecule has 0 aliphatic carbocycles. The van der Waals surface area contributed by atoms with Crippen LogP contribution in [0.3, 0.4) is 0 Å². The Kier molecular flexibility index (Phi) is 5.54. The molecule has 5 nitrogen and oxygen atoms in total. The molecular weight excluding hydrogens is 268 g/mol. The highest BCUT2D eigenvalue weighted by atomic mass is 16.5. The molecule has 0 fully saturated rings. The van der Waals surface area contributed by atoms with E-state index >= 15 is 0 Å². The van der Waals surface area contributed by atoms with Crippen molar-refractivity contribution in [3.05, 3.63) is 59.4 Å². The minimum Gasteiger partial charge on any atom is -0.464 e. The summed E-state index contributed by atoms with van der Waals surface area (Å²) in [5, 5.41) is 9.20. The lowest BCUT2D eigenvalue weighted by atomic mass is 10.2. The van der Waals surface area contributed by atoms with Crippen molar-refractivity contribution < 1.29 is 14.6 Å². The number of rotatable bonds is 7. The Hall–Kier alpha value is -2.11. The van der Waals surface area contributed by atoms with Crippen molar-refractivity contribution >= 4 is 5.97 Å². The predicted molar refractivity (Wildman–Crippen MR) is 79.8 cm³/mol. The van der Waals surface area contributed by atoms with E-state index in [2.05, 4.69) is 26.8 Å². The molecule has 2 rings (SSSR count). The number of carbonyl (C=O) groups is 1. The number of methoxy groups -OCH3 is 1. The van der Waals surface area contributed by atoms with E-state index in [1.54, 1.807) is 12.3 Å². The first-order chi connectivity index (χ1) is 10.2. The number of ether oxygens (including phenoxy) is 1. The molecule has 1 aromatic carbocycles. The van der Waals surface area contributed by atoms with Crippen LogP contribution in [0.4, 0.5) is 0 Å². The van der Waals surface area contributed by atoms with E-state index in [0.717, 1.165) is 12.1 Å². The fourth-order valence-corrected chi connectivity index (χ4v) is 2.21. The van der Waals surface area contributed by atoms with Crippen molar-refractivity contribution in [1.82, 2.24) is 9.88 Å². The number of aliphatic hydroxyl groups is 1. The van der Waals surface area contributed by atoms with Crippen molar-refractivity contribution in [3.8, 4) is 0 Å². The van der Waals surface area contributed by atoms with Crippen LogP contribution in [0.25, 0.3) is 0 Å². The van der Waals surface area contributed by atoms with Crippen molar-refractivity contribution in [1.29, 1.82) is 0 Å². The summed E-state index contributed by atoms with van der Waals surface area (Å²) < 4.78 is 4.67. The van der Waals surface area contributed by atoms with Gasteiger partial charge in [0.05, 0.1) is 13.7 Å². The average Bonchev–Trinajstić information content (AvgIpc) is 2.96. The smallest absolute Gasteiger partial charge is 0.354 e.